The number of hydrogen-bond acceptors (Lipinski definition) is 3. The summed E-state index contributed by atoms with van der Waals surface area (Å²) in [7, 11) is 0. The van der Waals surface area contributed by atoms with Gasteiger partial charge in [0.25, 0.3) is 0 Å². The van der Waals surface area contributed by atoms with Gasteiger partial charge in [0, 0.05) is 10.2 Å². The maximum atomic E-state index is 13.5. The second kappa shape index (κ2) is 5.07. The van der Waals surface area contributed by atoms with Crippen LogP contribution in [0.25, 0.3) is 0 Å². The van der Waals surface area contributed by atoms with E-state index in [4.69, 9.17) is 15.7 Å². The van der Waals surface area contributed by atoms with Gasteiger partial charge < -0.3 is 10.5 Å². The Morgan fingerprint density at radius 3 is 2.67 bits per heavy atom. The molecular formula is C13H8BrFN2O. The van der Waals surface area contributed by atoms with Gasteiger partial charge in [-0.25, -0.2) is 4.39 Å². The molecule has 2 aromatic carbocycles. The fourth-order valence-corrected chi connectivity index (χ4v) is 1.74. The highest BCUT2D eigenvalue weighted by atomic mass is 79.9. The number of rotatable bonds is 2. The molecule has 0 bridgehead atoms. The van der Waals surface area contributed by atoms with Gasteiger partial charge >= 0.3 is 0 Å². The molecule has 0 aliphatic carbocycles. The molecule has 90 valence electrons. The number of nitriles is 1. The van der Waals surface area contributed by atoms with Crippen molar-refractivity contribution in [3.63, 3.8) is 0 Å². The predicted octanol–water partition coefficient (Wildman–Crippen LogP) is 3.83. The molecule has 3 nitrogen and oxygen atoms in total. The first-order valence-electron chi connectivity index (χ1n) is 5.02. The van der Waals surface area contributed by atoms with Crippen LogP contribution in [0.4, 0.5) is 10.1 Å². The first-order chi connectivity index (χ1) is 8.60. The van der Waals surface area contributed by atoms with Crippen molar-refractivity contribution in [1.82, 2.24) is 0 Å². The molecule has 2 rings (SSSR count). The summed E-state index contributed by atoms with van der Waals surface area (Å²) in [6, 6.07) is 10.9. The lowest BCUT2D eigenvalue weighted by Crippen LogP contribution is -1.93. The second-order valence-corrected chi connectivity index (χ2v) is 4.46. The van der Waals surface area contributed by atoms with Gasteiger partial charge in [0.2, 0.25) is 0 Å². The molecule has 0 saturated carbocycles. The van der Waals surface area contributed by atoms with Gasteiger partial charge in [-0.3, -0.25) is 0 Å². The quantitative estimate of drug-likeness (QED) is 0.858. The average molecular weight is 307 g/mol. The number of ether oxygens (including phenoxy) is 1. The van der Waals surface area contributed by atoms with Crippen molar-refractivity contribution >= 4 is 21.6 Å². The third-order valence-corrected chi connectivity index (χ3v) is 2.73. The largest absolute Gasteiger partial charge is 0.453 e. The highest BCUT2D eigenvalue weighted by molar-refractivity contribution is 9.10. The molecular weight excluding hydrogens is 299 g/mol. The van der Waals surface area contributed by atoms with Gasteiger partial charge in [-0.1, -0.05) is 15.9 Å². The molecule has 0 fully saturated rings. The minimum atomic E-state index is -0.501. The van der Waals surface area contributed by atoms with Crippen LogP contribution in [0, 0.1) is 17.1 Å². The lowest BCUT2D eigenvalue weighted by molar-refractivity contribution is 0.441. The zero-order valence-corrected chi connectivity index (χ0v) is 10.7. The summed E-state index contributed by atoms with van der Waals surface area (Å²) in [6.07, 6.45) is 0. The SMILES string of the molecule is N#Cc1cc(N)ccc1Oc1cc(Br)ccc1F. The molecule has 0 saturated heterocycles. The van der Waals surface area contributed by atoms with Crippen LogP contribution >= 0.6 is 15.9 Å². The Labute approximate surface area is 112 Å². The Hall–Kier alpha value is -2.06. The third kappa shape index (κ3) is 2.60. The van der Waals surface area contributed by atoms with Crippen molar-refractivity contribution in [1.29, 1.82) is 5.26 Å². The van der Waals surface area contributed by atoms with E-state index >= 15 is 0 Å². The summed E-state index contributed by atoms with van der Waals surface area (Å²) in [6.45, 7) is 0. The van der Waals surface area contributed by atoms with E-state index in [9.17, 15) is 4.39 Å². The summed E-state index contributed by atoms with van der Waals surface area (Å²) < 4.78 is 19.6. The molecule has 2 aromatic rings. The van der Waals surface area contributed by atoms with Crippen LogP contribution in [0.2, 0.25) is 0 Å². The molecule has 0 aromatic heterocycles. The van der Waals surface area contributed by atoms with Gasteiger partial charge in [0.05, 0.1) is 5.56 Å². The molecule has 0 aliphatic rings. The highest BCUT2D eigenvalue weighted by Gasteiger charge is 2.09. The first-order valence-corrected chi connectivity index (χ1v) is 5.82. The summed E-state index contributed by atoms with van der Waals surface area (Å²) in [5, 5.41) is 8.96. The topological polar surface area (TPSA) is 59.0 Å². The van der Waals surface area contributed by atoms with E-state index in [1.807, 2.05) is 6.07 Å². The van der Waals surface area contributed by atoms with E-state index in [0.717, 1.165) is 0 Å². The number of nitrogens with zero attached hydrogens (tertiary/aromatic N) is 1. The molecule has 0 atom stereocenters. The molecule has 2 N–H and O–H groups in total. The molecule has 0 radical (unpaired) electrons. The molecule has 0 spiro atoms. The van der Waals surface area contributed by atoms with E-state index in [-0.39, 0.29) is 17.1 Å². The summed E-state index contributed by atoms with van der Waals surface area (Å²) in [5.74, 6) is -0.187. The van der Waals surface area contributed by atoms with Crippen LogP contribution in [-0.4, -0.2) is 0 Å². The molecule has 18 heavy (non-hydrogen) atoms. The number of nitrogens with two attached hydrogens (primary N) is 1. The normalized spacial score (nSPS) is 9.83. The van der Waals surface area contributed by atoms with Crippen LogP contribution in [0.5, 0.6) is 11.5 Å². The average Bonchev–Trinajstić information content (AvgIpc) is 2.36. The van der Waals surface area contributed by atoms with Crippen molar-refractivity contribution in [2.45, 2.75) is 0 Å². The minimum Gasteiger partial charge on any atom is -0.453 e. The van der Waals surface area contributed by atoms with Gasteiger partial charge in [0.1, 0.15) is 11.8 Å². The van der Waals surface area contributed by atoms with Crippen molar-refractivity contribution < 1.29 is 9.13 Å². The van der Waals surface area contributed by atoms with Gasteiger partial charge in [-0.2, -0.15) is 5.26 Å². The molecule has 0 unspecified atom stereocenters. The Morgan fingerprint density at radius 1 is 1.17 bits per heavy atom. The molecule has 0 amide bonds. The molecule has 5 heteroatoms. The summed E-state index contributed by atoms with van der Waals surface area (Å²) in [4.78, 5) is 0. The first kappa shape index (κ1) is 12.4. The van der Waals surface area contributed by atoms with Crippen molar-refractivity contribution in [3.05, 3.63) is 52.3 Å². The zero-order valence-electron chi connectivity index (χ0n) is 9.15. The fraction of sp³-hybridized carbons (Fsp3) is 0. The standard InChI is InChI=1S/C13H8BrFN2O/c14-9-1-3-11(15)13(6-9)18-12-4-2-10(17)5-8(12)7-16/h1-6H,17H2. The fourth-order valence-electron chi connectivity index (χ4n) is 1.40. The Morgan fingerprint density at radius 2 is 1.94 bits per heavy atom. The highest BCUT2D eigenvalue weighted by Crippen LogP contribution is 2.30. The van der Waals surface area contributed by atoms with Gasteiger partial charge in [-0.05, 0) is 36.4 Å². The van der Waals surface area contributed by atoms with Gasteiger partial charge in [-0.15, -0.1) is 0 Å². The monoisotopic (exact) mass is 306 g/mol. The van der Waals surface area contributed by atoms with E-state index in [2.05, 4.69) is 15.9 Å². The Bertz CT molecular complexity index is 637. The second-order valence-electron chi connectivity index (χ2n) is 3.54. The Balaban J connectivity index is 2.40. The van der Waals surface area contributed by atoms with Crippen LogP contribution in [0.3, 0.4) is 0 Å². The Kier molecular flexibility index (Phi) is 3.49. The summed E-state index contributed by atoms with van der Waals surface area (Å²) in [5.41, 5.74) is 6.27. The number of benzene rings is 2. The van der Waals surface area contributed by atoms with Gasteiger partial charge in [0.15, 0.2) is 11.6 Å². The smallest absolute Gasteiger partial charge is 0.165 e. The van der Waals surface area contributed by atoms with Crippen molar-refractivity contribution in [2.24, 2.45) is 0 Å². The van der Waals surface area contributed by atoms with Crippen LogP contribution in [0.15, 0.2) is 40.9 Å². The van der Waals surface area contributed by atoms with Crippen molar-refractivity contribution in [2.75, 3.05) is 5.73 Å². The molecule has 0 heterocycles. The maximum absolute atomic E-state index is 13.5. The number of anilines is 1. The van der Waals surface area contributed by atoms with Crippen molar-refractivity contribution in [3.8, 4) is 17.6 Å². The predicted molar refractivity (Wildman–Crippen MR) is 69.7 cm³/mol. The zero-order chi connectivity index (χ0) is 13.1. The lowest BCUT2D eigenvalue weighted by atomic mass is 10.2. The van der Waals surface area contributed by atoms with E-state index < -0.39 is 5.82 Å². The molecule has 0 aliphatic heterocycles. The maximum Gasteiger partial charge on any atom is 0.165 e. The number of hydrogen-bond donors (Lipinski definition) is 1. The number of nitrogen functional groups attached to an aromatic ring is 1. The van der Waals surface area contributed by atoms with Crippen LogP contribution < -0.4 is 10.5 Å². The minimum absolute atomic E-state index is 0.0469. The lowest BCUT2D eigenvalue weighted by Gasteiger charge is -2.09. The van der Waals surface area contributed by atoms with Crippen LogP contribution in [-0.2, 0) is 0 Å². The van der Waals surface area contributed by atoms with Crippen LogP contribution in [0.1, 0.15) is 5.56 Å². The van der Waals surface area contributed by atoms with E-state index in [0.29, 0.717) is 10.2 Å². The van der Waals surface area contributed by atoms with E-state index in [1.165, 1.54) is 24.3 Å². The summed E-state index contributed by atoms with van der Waals surface area (Å²) >= 11 is 3.23. The number of halogens is 2. The van der Waals surface area contributed by atoms with E-state index in [1.54, 1.807) is 12.1 Å². The third-order valence-electron chi connectivity index (χ3n) is 2.24.